The van der Waals surface area contributed by atoms with Crippen LogP contribution in [0.3, 0.4) is 0 Å². The Hall–Kier alpha value is -2.49. The quantitative estimate of drug-likeness (QED) is 0.367. The monoisotopic (exact) mass is 517 g/mol. The predicted molar refractivity (Wildman–Crippen MR) is 140 cm³/mol. The SMILES string of the molecule is CCN(C[C@H](C(=O)NO)[C@@H](CC(C)C)C(=O)N1CCCCC1)S(=O)(=O)c1cccc2c(C)cccc12. The third kappa shape index (κ3) is 6.07. The van der Waals surface area contributed by atoms with E-state index in [1.54, 1.807) is 35.5 Å². The molecule has 0 aromatic heterocycles. The van der Waals surface area contributed by atoms with E-state index in [2.05, 4.69) is 0 Å². The Labute approximate surface area is 214 Å². The Balaban J connectivity index is 2.01. The van der Waals surface area contributed by atoms with Gasteiger partial charge in [-0.3, -0.25) is 14.8 Å². The number of carbonyl (C=O) groups is 2. The predicted octanol–water partition coefficient (Wildman–Crippen LogP) is 3.96. The maximum Gasteiger partial charge on any atom is 0.248 e. The fraction of sp³-hybridized carbons (Fsp3) is 0.556. The van der Waals surface area contributed by atoms with Gasteiger partial charge in [-0.1, -0.05) is 51.1 Å². The maximum absolute atomic E-state index is 13.9. The molecule has 2 aromatic rings. The van der Waals surface area contributed by atoms with Gasteiger partial charge in [-0.25, -0.2) is 13.9 Å². The first-order chi connectivity index (χ1) is 17.1. The number of amides is 2. The average molecular weight is 518 g/mol. The van der Waals surface area contributed by atoms with E-state index in [1.807, 2.05) is 39.0 Å². The largest absolute Gasteiger partial charge is 0.342 e. The van der Waals surface area contributed by atoms with Gasteiger partial charge in [0.1, 0.15) is 0 Å². The number of hydrogen-bond donors (Lipinski definition) is 2. The molecule has 0 unspecified atom stereocenters. The van der Waals surface area contributed by atoms with Gasteiger partial charge in [0.2, 0.25) is 21.8 Å². The van der Waals surface area contributed by atoms with E-state index in [0.717, 1.165) is 30.2 Å². The van der Waals surface area contributed by atoms with Gasteiger partial charge in [-0.15, -0.1) is 0 Å². The van der Waals surface area contributed by atoms with E-state index in [1.165, 1.54) is 4.31 Å². The van der Waals surface area contributed by atoms with Crippen molar-refractivity contribution in [1.29, 1.82) is 0 Å². The number of fused-ring (bicyclic) bond motifs is 1. The standard InChI is InChI=1S/C27H39N3O5S/c1-5-30(36(34,35)25-14-10-12-21-20(4)11-9-13-22(21)25)18-24(26(31)28-33)23(17-19(2)3)27(32)29-15-7-6-8-16-29/h9-14,19,23-24,33H,5-8,15-18H2,1-4H3,(H,28,31)/t23-,24+/m1/s1. The van der Waals surface area contributed by atoms with E-state index in [-0.39, 0.29) is 29.8 Å². The first-order valence-electron chi connectivity index (χ1n) is 12.8. The zero-order valence-electron chi connectivity index (χ0n) is 21.7. The van der Waals surface area contributed by atoms with Crippen molar-refractivity contribution >= 4 is 32.6 Å². The Morgan fingerprint density at radius 3 is 2.28 bits per heavy atom. The summed E-state index contributed by atoms with van der Waals surface area (Å²) in [6.07, 6.45) is 3.30. The highest BCUT2D eigenvalue weighted by Crippen LogP contribution is 2.31. The molecule has 0 radical (unpaired) electrons. The molecule has 0 spiro atoms. The third-order valence-electron chi connectivity index (χ3n) is 7.11. The molecule has 8 nitrogen and oxygen atoms in total. The Morgan fingerprint density at radius 2 is 1.67 bits per heavy atom. The number of nitrogens with one attached hydrogen (secondary N) is 1. The lowest BCUT2D eigenvalue weighted by Gasteiger charge is -2.35. The minimum atomic E-state index is -4.00. The molecule has 3 rings (SSSR count). The normalized spacial score (nSPS) is 16.4. The van der Waals surface area contributed by atoms with Gasteiger partial charge in [0.25, 0.3) is 0 Å². The van der Waals surface area contributed by atoms with Gasteiger partial charge in [0.15, 0.2) is 0 Å². The van der Waals surface area contributed by atoms with Crippen molar-refractivity contribution in [1.82, 2.24) is 14.7 Å². The molecule has 9 heteroatoms. The van der Waals surface area contributed by atoms with Crippen LogP contribution >= 0.6 is 0 Å². The van der Waals surface area contributed by atoms with Gasteiger partial charge < -0.3 is 4.90 Å². The lowest BCUT2D eigenvalue weighted by molar-refractivity contribution is -0.146. The highest BCUT2D eigenvalue weighted by Gasteiger charge is 2.40. The van der Waals surface area contributed by atoms with Crippen LogP contribution < -0.4 is 5.48 Å². The fourth-order valence-electron chi connectivity index (χ4n) is 5.19. The number of aryl methyl sites for hydroxylation is 1. The van der Waals surface area contributed by atoms with Crippen LogP contribution in [-0.4, -0.2) is 60.8 Å². The molecule has 1 aliphatic rings. The molecule has 2 amide bonds. The van der Waals surface area contributed by atoms with Crippen LogP contribution in [-0.2, 0) is 19.6 Å². The highest BCUT2D eigenvalue weighted by molar-refractivity contribution is 7.89. The minimum Gasteiger partial charge on any atom is -0.342 e. The molecule has 1 fully saturated rings. The van der Waals surface area contributed by atoms with Gasteiger partial charge in [-0.2, -0.15) is 4.31 Å². The van der Waals surface area contributed by atoms with E-state index in [9.17, 15) is 23.2 Å². The summed E-state index contributed by atoms with van der Waals surface area (Å²) in [7, 11) is -4.00. The molecule has 0 bridgehead atoms. The van der Waals surface area contributed by atoms with Crippen molar-refractivity contribution in [2.75, 3.05) is 26.2 Å². The van der Waals surface area contributed by atoms with Crippen LogP contribution in [0.25, 0.3) is 10.8 Å². The minimum absolute atomic E-state index is 0.102. The third-order valence-corrected chi connectivity index (χ3v) is 9.11. The van der Waals surface area contributed by atoms with E-state index >= 15 is 0 Å². The fourth-order valence-corrected chi connectivity index (χ4v) is 6.87. The smallest absolute Gasteiger partial charge is 0.248 e. The number of hydroxylamine groups is 1. The van der Waals surface area contributed by atoms with Crippen molar-refractivity contribution in [3.8, 4) is 0 Å². The molecule has 1 heterocycles. The van der Waals surface area contributed by atoms with Crippen LogP contribution in [0.5, 0.6) is 0 Å². The van der Waals surface area contributed by atoms with Crippen molar-refractivity contribution in [3.05, 3.63) is 42.0 Å². The topological polar surface area (TPSA) is 107 Å². The molecule has 2 atom stereocenters. The summed E-state index contributed by atoms with van der Waals surface area (Å²) >= 11 is 0. The molecule has 0 saturated carbocycles. The maximum atomic E-state index is 13.9. The number of rotatable bonds is 10. The molecular weight excluding hydrogens is 478 g/mol. The number of carbonyl (C=O) groups excluding carboxylic acids is 2. The highest BCUT2D eigenvalue weighted by atomic mass is 32.2. The number of likely N-dealkylation sites (tertiary alicyclic amines) is 1. The lowest BCUT2D eigenvalue weighted by atomic mass is 9.83. The van der Waals surface area contributed by atoms with E-state index in [0.29, 0.717) is 24.9 Å². The van der Waals surface area contributed by atoms with Crippen molar-refractivity contribution in [2.24, 2.45) is 17.8 Å². The summed E-state index contributed by atoms with van der Waals surface area (Å²) in [5, 5.41) is 11.0. The van der Waals surface area contributed by atoms with Gasteiger partial charge in [0.05, 0.1) is 16.7 Å². The first kappa shape index (κ1) is 28.1. The lowest BCUT2D eigenvalue weighted by Crippen LogP contribution is -2.50. The first-order valence-corrected chi connectivity index (χ1v) is 14.3. The molecule has 1 aliphatic heterocycles. The Morgan fingerprint density at radius 1 is 1.03 bits per heavy atom. The Bertz CT molecular complexity index is 1180. The number of nitrogens with zero attached hydrogens (tertiary/aromatic N) is 2. The van der Waals surface area contributed by atoms with Crippen molar-refractivity contribution in [2.45, 2.75) is 58.3 Å². The summed E-state index contributed by atoms with van der Waals surface area (Å²) in [5.74, 6) is -2.56. The molecule has 1 saturated heterocycles. The van der Waals surface area contributed by atoms with Crippen LogP contribution in [0.2, 0.25) is 0 Å². The number of hydrogen-bond acceptors (Lipinski definition) is 5. The van der Waals surface area contributed by atoms with Crippen molar-refractivity contribution in [3.63, 3.8) is 0 Å². The molecule has 2 aromatic carbocycles. The molecule has 198 valence electrons. The van der Waals surface area contributed by atoms with E-state index < -0.39 is 27.8 Å². The molecule has 36 heavy (non-hydrogen) atoms. The van der Waals surface area contributed by atoms with Crippen LogP contribution in [0.1, 0.15) is 52.0 Å². The molecular formula is C27H39N3O5S. The zero-order valence-corrected chi connectivity index (χ0v) is 22.6. The summed E-state index contributed by atoms with van der Waals surface area (Å²) in [4.78, 5) is 28.5. The Kier molecular flexibility index (Phi) is 9.49. The molecule has 0 aliphatic carbocycles. The van der Waals surface area contributed by atoms with Gasteiger partial charge in [0, 0.05) is 31.6 Å². The second-order valence-corrected chi connectivity index (χ2v) is 12.0. The average Bonchev–Trinajstić information content (AvgIpc) is 2.87. The summed E-state index contributed by atoms with van der Waals surface area (Å²) in [6.45, 7) is 8.76. The van der Waals surface area contributed by atoms with Gasteiger partial charge >= 0.3 is 0 Å². The number of sulfonamides is 1. The van der Waals surface area contributed by atoms with Crippen LogP contribution in [0, 0.1) is 24.7 Å². The van der Waals surface area contributed by atoms with Crippen LogP contribution in [0.4, 0.5) is 0 Å². The van der Waals surface area contributed by atoms with Crippen molar-refractivity contribution < 1.29 is 23.2 Å². The second kappa shape index (κ2) is 12.2. The second-order valence-electron chi connectivity index (χ2n) is 10.1. The van der Waals surface area contributed by atoms with Crippen LogP contribution in [0.15, 0.2) is 41.3 Å². The number of piperidine rings is 1. The summed E-state index contributed by atoms with van der Waals surface area (Å²) < 4.78 is 29.0. The summed E-state index contributed by atoms with van der Waals surface area (Å²) in [5.41, 5.74) is 2.67. The summed E-state index contributed by atoms with van der Waals surface area (Å²) in [6, 6.07) is 10.7. The zero-order chi connectivity index (χ0) is 26.5. The van der Waals surface area contributed by atoms with Gasteiger partial charge in [-0.05, 0) is 55.5 Å². The van der Waals surface area contributed by atoms with E-state index in [4.69, 9.17) is 0 Å². The molecule has 2 N–H and O–H groups in total. The number of benzene rings is 2.